The Morgan fingerprint density at radius 2 is 1.64 bits per heavy atom. The summed E-state index contributed by atoms with van der Waals surface area (Å²) in [6.07, 6.45) is 2.44. The number of rotatable bonds is 7. The van der Waals surface area contributed by atoms with E-state index in [4.69, 9.17) is 5.40 Å². The van der Waals surface area contributed by atoms with Gasteiger partial charge in [0.05, 0.1) is 0 Å². The molecule has 1 atom stereocenters. The van der Waals surface area contributed by atoms with E-state index < -0.39 is 8.40 Å². The fourth-order valence-electron chi connectivity index (χ4n) is 1.71. The normalized spacial score (nSPS) is 16.3. The van der Waals surface area contributed by atoms with Crippen LogP contribution in [0.2, 0.25) is 12.1 Å². The van der Waals surface area contributed by atoms with Crippen molar-refractivity contribution in [3.05, 3.63) is 0 Å². The number of nitrogens with two attached hydrogens (primary N) is 1. The highest BCUT2D eigenvalue weighted by atomic mass is 28.3. The van der Waals surface area contributed by atoms with E-state index in [1.54, 1.807) is 0 Å². The quantitative estimate of drug-likeness (QED) is 0.653. The van der Waals surface area contributed by atoms with Gasteiger partial charge in [-0.3, -0.25) is 0 Å². The van der Waals surface area contributed by atoms with Crippen molar-refractivity contribution in [3.63, 3.8) is 0 Å². The van der Waals surface area contributed by atoms with Crippen LogP contribution in [0.25, 0.3) is 0 Å². The number of hydrogen-bond donors (Lipinski definition) is 1. The van der Waals surface area contributed by atoms with Gasteiger partial charge in [-0.15, -0.1) is 0 Å². The molecule has 0 saturated heterocycles. The van der Waals surface area contributed by atoms with Crippen molar-refractivity contribution < 1.29 is 0 Å². The average molecular weight is 217 g/mol. The fourth-order valence-corrected chi connectivity index (χ4v) is 4.49. The molecule has 0 fully saturated rings. The Balaban J connectivity index is 3.96. The second-order valence-electron chi connectivity index (χ2n) is 4.65. The Labute approximate surface area is 90.4 Å². The smallest absolute Gasteiger partial charge is 0.201 e. The van der Waals surface area contributed by atoms with Gasteiger partial charge in [0.15, 0.2) is 0 Å². The minimum Gasteiger partial charge on any atom is -0.339 e. The summed E-state index contributed by atoms with van der Waals surface area (Å²) in [5.41, 5.74) is 0. The van der Waals surface area contributed by atoms with Crippen LogP contribution in [-0.2, 0) is 0 Å². The molecule has 0 aromatic rings. The van der Waals surface area contributed by atoms with Crippen LogP contribution in [0.3, 0.4) is 0 Å². The van der Waals surface area contributed by atoms with Crippen LogP contribution in [-0.4, -0.2) is 52.6 Å². The third-order valence-electron chi connectivity index (χ3n) is 2.79. The molecule has 0 radical (unpaired) electrons. The summed E-state index contributed by atoms with van der Waals surface area (Å²) in [5, 5.41) is 6.48. The molecular formula is C10H27N3Si. The van der Waals surface area contributed by atoms with Crippen LogP contribution >= 0.6 is 0 Å². The predicted molar refractivity (Wildman–Crippen MR) is 66.7 cm³/mol. The first-order valence-corrected chi connectivity index (χ1v) is 7.97. The maximum absolute atomic E-state index is 6.48. The third-order valence-corrected chi connectivity index (χ3v) is 7.16. The highest BCUT2D eigenvalue weighted by molar-refractivity contribution is 6.73. The summed E-state index contributed by atoms with van der Waals surface area (Å²) >= 11 is 0. The van der Waals surface area contributed by atoms with Gasteiger partial charge in [-0.1, -0.05) is 13.3 Å². The summed E-state index contributed by atoms with van der Waals surface area (Å²) < 4.78 is 2.30. The molecule has 14 heavy (non-hydrogen) atoms. The Hall–Kier alpha value is 0.0969. The standard InChI is InChI=1S/C10H27N3Si/c1-6-9-14(11,13(4)5)10-7-8-12(2)3/h6-11H2,1-5H3. The van der Waals surface area contributed by atoms with Gasteiger partial charge in [-0.05, 0) is 53.2 Å². The number of nitrogens with zero attached hydrogens (tertiary/aromatic N) is 2. The van der Waals surface area contributed by atoms with Crippen molar-refractivity contribution in [2.45, 2.75) is 31.9 Å². The Kier molecular flexibility index (Phi) is 6.60. The van der Waals surface area contributed by atoms with Crippen LogP contribution in [0.1, 0.15) is 19.8 Å². The first-order chi connectivity index (χ1) is 6.42. The lowest BCUT2D eigenvalue weighted by atomic mass is 10.5. The zero-order valence-electron chi connectivity index (χ0n) is 10.5. The highest BCUT2D eigenvalue weighted by Gasteiger charge is 2.29. The topological polar surface area (TPSA) is 32.5 Å². The van der Waals surface area contributed by atoms with Gasteiger partial charge < -0.3 is 14.9 Å². The van der Waals surface area contributed by atoms with Crippen LogP contribution in [0.15, 0.2) is 0 Å². The van der Waals surface area contributed by atoms with Crippen molar-refractivity contribution in [1.29, 1.82) is 0 Å². The van der Waals surface area contributed by atoms with Crippen molar-refractivity contribution in [3.8, 4) is 0 Å². The molecule has 2 N–H and O–H groups in total. The summed E-state index contributed by atoms with van der Waals surface area (Å²) in [5.74, 6) is 0. The maximum atomic E-state index is 6.48. The predicted octanol–water partition coefficient (Wildman–Crippen LogP) is 1.31. The van der Waals surface area contributed by atoms with Gasteiger partial charge in [0.25, 0.3) is 0 Å². The number of hydrogen-bond acceptors (Lipinski definition) is 3. The molecule has 0 aliphatic carbocycles. The molecule has 86 valence electrons. The molecule has 3 nitrogen and oxygen atoms in total. The van der Waals surface area contributed by atoms with Crippen molar-refractivity contribution in [2.75, 3.05) is 34.7 Å². The third kappa shape index (κ3) is 5.10. The SMILES string of the molecule is CCC[Si](N)(CCCN(C)C)N(C)C. The molecule has 0 amide bonds. The van der Waals surface area contributed by atoms with Crippen molar-refractivity contribution in [1.82, 2.24) is 9.47 Å². The Morgan fingerprint density at radius 1 is 1.07 bits per heavy atom. The van der Waals surface area contributed by atoms with Gasteiger partial charge in [0.1, 0.15) is 0 Å². The van der Waals surface area contributed by atoms with E-state index in [1.807, 2.05) is 0 Å². The van der Waals surface area contributed by atoms with Crippen LogP contribution in [0, 0.1) is 0 Å². The Bertz CT molecular complexity index is 150. The largest absolute Gasteiger partial charge is 0.339 e. The summed E-state index contributed by atoms with van der Waals surface area (Å²) in [6.45, 7) is 3.38. The van der Waals surface area contributed by atoms with E-state index in [1.165, 1.54) is 24.9 Å². The van der Waals surface area contributed by atoms with Crippen LogP contribution in [0.4, 0.5) is 0 Å². The van der Waals surface area contributed by atoms with Gasteiger partial charge in [0.2, 0.25) is 8.40 Å². The fraction of sp³-hybridized carbons (Fsp3) is 1.00. The molecule has 0 bridgehead atoms. The molecular weight excluding hydrogens is 190 g/mol. The van der Waals surface area contributed by atoms with E-state index in [2.05, 4.69) is 44.6 Å². The minimum absolute atomic E-state index is 1.16. The molecule has 1 unspecified atom stereocenters. The second kappa shape index (κ2) is 6.56. The summed E-state index contributed by atoms with van der Waals surface area (Å²) in [4.78, 5) is 2.23. The van der Waals surface area contributed by atoms with E-state index >= 15 is 0 Å². The van der Waals surface area contributed by atoms with E-state index in [0.717, 1.165) is 6.54 Å². The molecule has 4 heteroatoms. The van der Waals surface area contributed by atoms with Crippen LogP contribution < -0.4 is 5.40 Å². The summed E-state index contributed by atoms with van der Waals surface area (Å²) in [6, 6.07) is 2.43. The molecule has 0 spiro atoms. The second-order valence-corrected chi connectivity index (χ2v) is 8.76. The minimum atomic E-state index is -1.59. The van der Waals surface area contributed by atoms with E-state index in [-0.39, 0.29) is 0 Å². The molecule has 0 aromatic carbocycles. The van der Waals surface area contributed by atoms with E-state index in [9.17, 15) is 0 Å². The molecule has 0 saturated carbocycles. The first kappa shape index (κ1) is 14.1. The lowest BCUT2D eigenvalue weighted by molar-refractivity contribution is 0.405. The highest BCUT2D eigenvalue weighted by Crippen LogP contribution is 2.16. The van der Waals surface area contributed by atoms with E-state index in [0.29, 0.717) is 0 Å². The first-order valence-electron chi connectivity index (χ1n) is 5.53. The van der Waals surface area contributed by atoms with Crippen molar-refractivity contribution >= 4 is 8.40 Å². The Morgan fingerprint density at radius 3 is 2.00 bits per heavy atom. The van der Waals surface area contributed by atoms with Crippen LogP contribution in [0.5, 0.6) is 0 Å². The average Bonchev–Trinajstić information content (AvgIpc) is 2.03. The molecule has 0 heterocycles. The van der Waals surface area contributed by atoms with Gasteiger partial charge in [-0.25, -0.2) is 0 Å². The maximum Gasteiger partial charge on any atom is 0.201 e. The molecule has 0 aliphatic heterocycles. The van der Waals surface area contributed by atoms with Gasteiger partial charge >= 0.3 is 0 Å². The molecule has 0 aliphatic rings. The van der Waals surface area contributed by atoms with Gasteiger partial charge in [0, 0.05) is 0 Å². The zero-order valence-corrected chi connectivity index (χ0v) is 11.5. The molecule has 0 rings (SSSR count). The lowest BCUT2D eigenvalue weighted by Gasteiger charge is -2.33. The van der Waals surface area contributed by atoms with Crippen molar-refractivity contribution in [2.24, 2.45) is 5.40 Å². The van der Waals surface area contributed by atoms with Gasteiger partial charge in [-0.2, -0.15) is 0 Å². The zero-order chi connectivity index (χ0) is 11.2. The summed E-state index contributed by atoms with van der Waals surface area (Å²) in [7, 11) is 6.93. The molecule has 0 aromatic heterocycles. The monoisotopic (exact) mass is 217 g/mol. The lowest BCUT2D eigenvalue weighted by Crippen LogP contribution is -2.58.